The van der Waals surface area contributed by atoms with Gasteiger partial charge in [0.2, 0.25) is 5.91 Å². The summed E-state index contributed by atoms with van der Waals surface area (Å²) in [6.07, 6.45) is 0. The molecule has 1 aromatic rings. The van der Waals surface area contributed by atoms with Gasteiger partial charge >= 0.3 is 6.03 Å². The van der Waals surface area contributed by atoms with Crippen molar-refractivity contribution in [2.24, 2.45) is 0 Å². The molecular weight excluding hydrogens is 242 g/mol. The number of urea groups is 1. The van der Waals surface area contributed by atoms with Crippen LogP contribution < -0.4 is 15.5 Å². The number of carbonyl (C=O) groups excluding carboxylic acids is 2. The molecule has 0 saturated carbocycles. The lowest BCUT2D eigenvalue weighted by Gasteiger charge is -2.17. The number of amides is 3. The minimum absolute atomic E-state index is 0.102. The molecule has 0 aliphatic carbocycles. The molecule has 0 heterocycles. The first-order chi connectivity index (χ1) is 8.08. The van der Waals surface area contributed by atoms with Gasteiger partial charge in [0.15, 0.2) is 0 Å². The van der Waals surface area contributed by atoms with Crippen molar-refractivity contribution in [2.45, 2.75) is 0 Å². The Morgan fingerprint density at radius 3 is 2.71 bits per heavy atom. The third-order valence-corrected chi connectivity index (χ3v) is 2.40. The molecule has 2 N–H and O–H groups in total. The summed E-state index contributed by atoms with van der Waals surface area (Å²) in [4.78, 5) is 24.0. The molecule has 0 aliphatic rings. The van der Waals surface area contributed by atoms with Crippen LogP contribution in [-0.2, 0) is 4.79 Å². The molecule has 0 bridgehead atoms. The van der Waals surface area contributed by atoms with Crippen molar-refractivity contribution >= 4 is 34.9 Å². The average molecular weight is 256 g/mol. The Kier molecular flexibility index (Phi) is 4.78. The zero-order valence-corrected chi connectivity index (χ0v) is 10.4. The molecule has 0 unspecified atom stereocenters. The monoisotopic (exact) mass is 255 g/mol. The summed E-state index contributed by atoms with van der Waals surface area (Å²) in [7, 11) is 3.19. The van der Waals surface area contributed by atoms with E-state index in [2.05, 4.69) is 10.6 Å². The first-order valence-electron chi connectivity index (χ1n) is 4.99. The second kappa shape index (κ2) is 6.10. The Labute approximate surface area is 105 Å². The van der Waals surface area contributed by atoms with Crippen molar-refractivity contribution < 1.29 is 9.59 Å². The predicted octanol–water partition coefficient (Wildman–Crippen LogP) is 1.64. The van der Waals surface area contributed by atoms with Crippen LogP contribution in [0.5, 0.6) is 0 Å². The maximum atomic E-state index is 11.4. The maximum Gasteiger partial charge on any atom is 0.321 e. The molecular formula is C11H14ClN3O2. The number of anilines is 2. The SMILES string of the molecule is CNC(=O)N(C)c1cccc(NC(=O)CCl)c1. The maximum absolute atomic E-state index is 11.4. The van der Waals surface area contributed by atoms with Gasteiger partial charge in [-0.3, -0.25) is 9.69 Å². The van der Waals surface area contributed by atoms with Crippen LogP contribution in [-0.4, -0.2) is 31.9 Å². The highest BCUT2D eigenvalue weighted by molar-refractivity contribution is 6.29. The summed E-state index contributed by atoms with van der Waals surface area (Å²) < 4.78 is 0. The van der Waals surface area contributed by atoms with E-state index in [1.54, 1.807) is 38.4 Å². The fourth-order valence-corrected chi connectivity index (χ4v) is 1.34. The van der Waals surface area contributed by atoms with Crippen LogP contribution in [0.4, 0.5) is 16.2 Å². The third kappa shape index (κ3) is 3.64. The summed E-state index contributed by atoms with van der Waals surface area (Å²) in [5.41, 5.74) is 1.28. The summed E-state index contributed by atoms with van der Waals surface area (Å²) >= 11 is 5.39. The highest BCUT2D eigenvalue weighted by Crippen LogP contribution is 2.18. The van der Waals surface area contributed by atoms with Crippen molar-refractivity contribution in [3.63, 3.8) is 0 Å². The van der Waals surface area contributed by atoms with Gasteiger partial charge in [0.25, 0.3) is 0 Å². The van der Waals surface area contributed by atoms with Gasteiger partial charge in [-0.25, -0.2) is 4.79 Å². The molecule has 0 aliphatic heterocycles. The van der Waals surface area contributed by atoms with E-state index in [-0.39, 0.29) is 17.8 Å². The minimum atomic E-state index is -0.286. The number of benzene rings is 1. The van der Waals surface area contributed by atoms with E-state index in [0.29, 0.717) is 11.4 Å². The Morgan fingerprint density at radius 2 is 2.12 bits per heavy atom. The zero-order valence-electron chi connectivity index (χ0n) is 9.66. The van der Waals surface area contributed by atoms with E-state index in [1.807, 2.05) is 0 Å². The van der Waals surface area contributed by atoms with Crippen LogP contribution in [0.25, 0.3) is 0 Å². The van der Waals surface area contributed by atoms with Crippen molar-refractivity contribution in [3.05, 3.63) is 24.3 Å². The Morgan fingerprint density at radius 1 is 1.41 bits per heavy atom. The van der Waals surface area contributed by atoms with E-state index in [1.165, 1.54) is 4.90 Å². The lowest BCUT2D eigenvalue weighted by molar-refractivity contribution is -0.113. The molecule has 17 heavy (non-hydrogen) atoms. The van der Waals surface area contributed by atoms with E-state index in [0.717, 1.165) is 0 Å². The number of carbonyl (C=O) groups is 2. The molecule has 0 saturated heterocycles. The van der Waals surface area contributed by atoms with Gasteiger partial charge in [-0.1, -0.05) is 6.07 Å². The normalized spacial score (nSPS) is 9.59. The van der Waals surface area contributed by atoms with Gasteiger partial charge in [0, 0.05) is 25.5 Å². The molecule has 3 amide bonds. The fraction of sp³-hybridized carbons (Fsp3) is 0.273. The number of hydrogen-bond donors (Lipinski definition) is 2. The van der Waals surface area contributed by atoms with Crippen molar-refractivity contribution in [1.82, 2.24) is 5.32 Å². The lowest BCUT2D eigenvalue weighted by atomic mass is 10.2. The molecule has 6 heteroatoms. The van der Waals surface area contributed by atoms with Gasteiger partial charge in [-0.2, -0.15) is 0 Å². The minimum Gasteiger partial charge on any atom is -0.341 e. The highest BCUT2D eigenvalue weighted by Gasteiger charge is 2.09. The second-order valence-corrected chi connectivity index (χ2v) is 3.61. The summed E-state index contributed by atoms with van der Waals surface area (Å²) in [5.74, 6) is -0.387. The Balaban J connectivity index is 2.85. The first-order valence-corrected chi connectivity index (χ1v) is 5.53. The Hall–Kier alpha value is -1.75. The van der Waals surface area contributed by atoms with Crippen LogP contribution in [0.3, 0.4) is 0 Å². The van der Waals surface area contributed by atoms with Crippen molar-refractivity contribution in [2.75, 3.05) is 30.2 Å². The second-order valence-electron chi connectivity index (χ2n) is 3.35. The predicted molar refractivity (Wildman–Crippen MR) is 68.7 cm³/mol. The topological polar surface area (TPSA) is 61.4 Å². The van der Waals surface area contributed by atoms with Crippen LogP contribution in [0, 0.1) is 0 Å². The largest absolute Gasteiger partial charge is 0.341 e. The first kappa shape index (κ1) is 13.3. The van der Waals surface area contributed by atoms with Crippen LogP contribution in [0.15, 0.2) is 24.3 Å². The van der Waals surface area contributed by atoms with Gasteiger partial charge in [0.05, 0.1) is 0 Å². The van der Waals surface area contributed by atoms with E-state index in [9.17, 15) is 9.59 Å². The fourth-order valence-electron chi connectivity index (χ4n) is 1.27. The van der Waals surface area contributed by atoms with E-state index < -0.39 is 0 Å². The molecule has 0 spiro atoms. The van der Waals surface area contributed by atoms with Crippen LogP contribution >= 0.6 is 11.6 Å². The number of nitrogens with one attached hydrogen (secondary N) is 2. The van der Waals surface area contributed by atoms with Gasteiger partial charge in [0.1, 0.15) is 5.88 Å². The van der Waals surface area contributed by atoms with Gasteiger partial charge < -0.3 is 10.6 Å². The average Bonchev–Trinajstić information content (AvgIpc) is 2.37. The molecule has 0 fully saturated rings. The summed E-state index contributed by atoms with van der Waals surface area (Å²) in [6.45, 7) is 0. The number of nitrogens with zero attached hydrogens (tertiary/aromatic N) is 1. The number of alkyl halides is 1. The van der Waals surface area contributed by atoms with Crippen molar-refractivity contribution in [1.29, 1.82) is 0 Å². The van der Waals surface area contributed by atoms with E-state index in [4.69, 9.17) is 11.6 Å². The highest BCUT2D eigenvalue weighted by atomic mass is 35.5. The molecule has 1 aromatic carbocycles. The molecule has 0 radical (unpaired) electrons. The smallest absolute Gasteiger partial charge is 0.321 e. The van der Waals surface area contributed by atoms with Gasteiger partial charge in [-0.05, 0) is 18.2 Å². The number of hydrogen-bond acceptors (Lipinski definition) is 2. The standard InChI is InChI=1S/C11H14ClN3O2/c1-13-11(17)15(2)9-5-3-4-8(6-9)14-10(16)7-12/h3-6H,7H2,1-2H3,(H,13,17)(H,14,16). The summed E-state index contributed by atoms with van der Waals surface area (Å²) in [5, 5.41) is 5.13. The van der Waals surface area contributed by atoms with Crippen molar-refractivity contribution in [3.8, 4) is 0 Å². The zero-order chi connectivity index (χ0) is 12.8. The third-order valence-electron chi connectivity index (χ3n) is 2.16. The molecule has 0 atom stereocenters. The molecule has 1 rings (SSSR count). The van der Waals surface area contributed by atoms with E-state index >= 15 is 0 Å². The molecule has 0 aromatic heterocycles. The van der Waals surface area contributed by atoms with Gasteiger partial charge in [-0.15, -0.1) is 11.6 Å². The van der Waals surface area contributed by atoms with Crippen LogP contribution in [0.2, 0.25) is 0 Å². The Bertz CT molecular complexity index is 423. The molecule has 5 nitrogen and oxygen atoms in total. The summed E-state index contributed by atoms with van der Waals surface area (Å²) in [6, 6.07) is 6.71. The van der Waals surface area contributed by atoms with Crippen LogP contribution in [0.1, 0.15) is 0 Å². The quantitative estimate of drug-likeness (QED) is 0.807. The lowest BCUT2D eigenvalue weighted by Crippen LogP contribution is -2.34. The molecule has 92 valence electrons. The number of halogens is 1. The number of rotatable bonds is 3.